The highest BCUT2D eigenvalue weighted by Crippen LogP contribution is 2.19. The molecule has 1 aromatic carbocycles. The molecule has 2 aromatic rings. The number of nitrogens with one attached hydrogen (secondary N) is 2. The van der Waals surface area contributed by atoms with Crippen LogP contribution in [0.15, 0.2) is 45.9 Å². The summed E-state index contributed by atoms with van der Waals surface area (Å²) in [7, 11) is -3.69. The Morgan fingerprint density at radius 3 is 2.62 bits per heavy atom. The van der Waals surface area contributed by atoms with Crippen molar-refractivity contribution in [3.05, 3.63) is 47.7 Å². The van der Waals surface area contributed by atoms with Gasteiger partial charge in [0.15, 0.2) is 0 Å². The van der Waals surface area contributed by atoms with Gasteiger partial charge in [-0.3, -0.25) is 4.72 Å². The molecule has 2 N–H and O–H groups in total. The molecule has 2 rings (SSSR count). The summed E-state index contributed by atoms with van der Waals surface area (Å²) in [6.45, 7) is 6.43. The molecule has 0 saturated carbocycles. The van der Waals surface area contributed by atoms with Crippen molar-refractivity contribution in [2.45, 2.75) is 38.5 Å². The van der Waals surface area contributed by atoms with E-state index < -0.39 is 10.0 Å². The van der Waals surface area contributed by atoms with Crippen LogP contribution in [0.5, 0.6) is 0 Å². The average Bonchev–Trinajstić information content (AvgIpc) is 2.85. The zero-order valence-electron chi connectivity index (χ0n) is 12.4. The number of benzene rings is 1. The molecule has 0 unspecified atom stereocenters. The maximum Gasteiger partial charge on any atom is 0.295 e. The molecule has 0 spiro atoms. The third-order valence-electron chi connectivity index (χ3n) is 2.86. The fraction of sp³-hybridized carbons (Fsp3) is 0.333. The Morgan fingerprint density at radius 1 is 1.19 bits per heavy atom. The SMILES string of the molecule is Cc1cccc(NS(=O)(=O)c2ccc(CNC(C)C)o2)c1. The number of hydrogen-bond acceptors (Lipinski definition) is 4. The Kier molecular flexibility index (Phi) is 4.69. The van der Waals surface area contributed by atoms with Gasteiger partial charge in [0.25, 0.3) is 10.0 Å². The van der Waals surface area contributed by atoms with E-state index >= 15 is 0 Å². The minimum absolute atomic E-state index is 0.0791. The topological polar surface area (TPSA) is 71.3 Å². The van der Waals surface area contributed by atoms with Crippen molar-refractivity contribution in [1.82, 2.24) is 5.32 Å². The van der Waals surface area contributed by atoms with Crippen LogP contribution in [-0.4, -0.2) is 14.5 Å². The molecule has 1 heterocycles. The van der Waals surface area contributed by atoms with Crippen molar-refractivity contribution in [1.29, 1.82) is 0 Å². The molecule has 0 atom stereocenters. The van der Waals surface area contributed by atoms with Gasteiger partial charge in [0.05, 0.1) is 6.54 Å². The van der Waals surface area contributed by atoms with Gasteiger partial charge < -0.3 is 9.73 Å². The van der Waals surface area contributed by atoms with Crippen LogP contribution in [0, 0.1) is 6.92 Å². The molecule has 0 aliphatic heterocycles. The predicted molar refractivity (Wildman–Crippen MR) is 82.7 cm³/mol. The summed E-state index contributed by atoms with van der Waals surface area (Å²) in [6, 6.07) is 10.6. The number of furan rings is 1. The van der Waals surface area contributed by atoms with Gasteiger partial charge >= 0.3 is 0 Å². The van der Waals surface area contributed by atoms with Crippen LogP contribution in [0.3, 0.4) is 0 Å². The van der Waals surface area contributed by atoms with Gasteiger partial charge in [-0.1, -0.05) is 26.0 Å². The third-order valence-corrected chi connectivity index (χ3v) is 4.11. The molecule has 114 valence electrons. The molecule has 1 aromatic heterocycles. The van der Waals surface area contributed by atoms with E-state index in [4.69, 9.17) is 4.42 Å². The van der Waals surface area contributed by atoms with Gasteiger partial charge in [-0.15, -0.1) is 0 Å². The first kappa shape index (κ1) is 15.6. The van der Waals surface area contributed by atoms with Crippen LogP contribution in [-0.2, 0) is 16.6 Å². The Hall–Kier alpha value is -1.79. The molecule has 0 radical (unpaired) electrons. The van der Waals surface area contributed by atoms with Gasteiger partial charge in [0, 0.05) is 11.7 Å². The summed E-state index contributed by atoms with van der Waals surface area (Å²) in [6.07, 6.45) is 0. The second kappa shape index (κ2) is 6.32. The van der Waals surface area contributed by atoms with Gasteiger partial charge in [0.2, 0.25) is 5.09 Å². The van der Waals surface area contributed by atoms with Crippen molar-refractivity contribution in [2.75, 3.05) is 4.72 Å². The van der Waals surface area contributed by atoms with E-state index in [2.05, 4.69) is 10.0 Å². The van der Waals surface area contributed by atoms with Gasteiger partial charge in [-0.05, 0) is 36.8 Å². The van der Waals surface area contributed by atoms with Crippen molar-refractivity contribution in [3.63, 3.8) is 0 Å². The van der Waals surface area contributed by atoms with E-state index in [0.717, 1.165) is 5.56 Å². The number of aryl methyl sites for hydroxylation is 1. The Labute approximate surface area is 125 Å². The van der Waals surface area contributed by atoms with Crippen LogP contribution >= 0.6 is 0 Å². The molecule has 0 fully saturated rings. The van der Waals surface area contributed by atoms with Gasteiger partial charge in [0.1, 0.15) is 5.76 Å². The van der Waals surface area contributed by atoms with E-state index in [0.29, 0.717) is 24.0 Å². The highest BCUT2D eigenvalue weighted by atomic mass is 32.2. The quantitative estimate of drug-likeness (QED) is 0.861. The normalized spacial score (nSPS) is 11.8. The fourth-order valence-electron chi connectivity index (χ4n) is 1.82. The summed E-state index contributed by atoms with van der Waals surface area (Å²) in [5, 5.41) is 3.10. The van der Waals surface area contributed by atoms with Crippen molar-refractivity contribution >= 4 is 15.7 Å². The van der Waals surface area contributed by atoms with E-state index in [1.165, 1.54) is 6.07 Å². The summed E-state index contributed by atoms with van der Waals surface area (Å²) >= 11 is 0. The highest BCUT2D eigenvalue weighted by molar-refractivity contribution is 7.92. The average molecular weight is 308 g/mol. The maximum absolute atomic E-state index is 12.2. The van der Waals surface area contributed by atoms with E-state index in [1.807, 2.05) is 26.8 Å². The predicted octanol–water partition coefficient (Wildman–Crippen LogP) is 2.89. The first-order valence-corrected chi connectivity index (χ1v) is 8.27. The molecule has 0 bridgehead atoms. The lowest BCUT2D eigenvalue weighted by Gasteiger charge is -2.07. The number of sulfonamides is 1. The molecule has 6 heteroatoms. The van der Waals surface area contributed by atoms with Crippen LogP contribution in [0.4, 0.5) is 5.69 Å². The smallest absolute Gasteiger partial charge is 0.295 e. The minimum atomic E-state index is -3.69. The number of hydrogen-bond donors (Lipinski definition) is 2. The number of anilines is 1. The first-order valence-electron chi connectivity index (χ1n) is 6.78. The van der Waals surface area contributed by atoms with Crippen molar-refractivity contribution < 1.29 is 12.8 Å². The van der Waals surface area contributed by atoms with E-state index in [9.17, 15) is 8.42 Å². The summed E-state index contributed by atoms with van der Waals surface area (Å²) in [5.74, 6) is 0.591. The third kappa shape index (κ3) is 4.34. The molecule has 0 aliphatic carbocycles. The molecule has 0 saturated heterocycles. The largest absolute Gasteiger partial charge is 0.446 e. The van der Waals surface area contributed by atoms with Crippen molar-refractivity contribution in [3.8, 4) is 0 Å². The lowest BCUT2D eigenvalue weighted by atomic mass is 10.2. The summed E-state index contributed by atoms with van der Waals surface area (Å²) in [5.41, 5.74) is 1.50. The molecule has 0 amide bonds. The Balaban J connectivity index is 2.12. The van der Waals surface area contributed by atoms with Crippen LogP contribution in [0.2, 0.25) is 0 Å². The second-order valence-electron chi connectivity index (χ2n) is 5.23. The second-order valence-corrected chi connectivity index (χ2v) is 6.84. The Bertz CT molecular complexity index is 705. The minimum Gasteiger partial charge on any atom is -0.446 e. The van der Waals surface area contributed by atoms with Gasteiger partial charge in [-0.25, -0.2) is 0 Å². The molecular formula is C15H20N2O3S. The highest BCUT2D eigenvalue weighted by Gasteiger charge is 2.19. The van der Waals surface area contributed by atoms with E-state index in [1.54, 1.807) is 24.3 Å². The number of rotatable bonds is 6. The zero-order valence-corrected chi connectivity index (χ0v) is 13.2. The fourth-order valence-corrected chi connectivity index (χ4v) is 2.82. The summed E-state index contributed by atoms with van der Waals surface area (Å²) < 4.78 is 32.4. The maximum atomic E-state index is 12.2. The zero-order chi connectivity index (χ0) is 15.5. The molecular weight excluding hydrogens is 288 g/mol. The lowest BCUT2D eigenvalue weighted by Crippen LogP contribution is -2.21. The van der Waals surface area contributed by atoms with Crippen LogP contribution in [0.25, 0.3) is 0 Å². The molecule has 0 aliphatic rings. The van der Waals surface area contributed by atoms with Gasteiger partial charge in [-0.2, -0.15) is 8.42 Å². The Morgan fingerprint density at radius 2 is 1.95 bits per heavy atom. The first-order chi connectivity index (χ1) is 9.87. The molecule has 21 heavy (non-hydrogen) atoms. The van der Waals surface area contributed by atoms with Crippen LogP contribution < -0.4 is 10.0 Å². The van der Waals surface area contributed by atoms with Crippen molar-refractivity contribution in [2.24, 2.45) is 0 Å². The van der Waals surface area contributed by atoms with E-state index in [-0.39, 0.29) is 5.09 Å². The monoisotopic (exact) mass is 308 g/mol. The summed E-state index contributed by atoms with van der Waals surface area (Å²) in [4.78, 5) is 0. The van der Waals surface area contributed by atoms with Crippen LogP contribution in [0.1, 0.15) is 25.2 Å². The molecule has 5 nitrogen and oxygen atoms in total. The standard InChI is InChI=1S/C15H20N2O3S/c1-11(2)16-10-14-7-8-15(20-14)21(18,19)17-13-6-4-5-12(3)9-13/h4-9,11,16-17H,10H2,1-3H3. The lowest BCUT2D eigenvalue weighted by molar-refractivity contribution is 0.396.